The third-order valence-electron chi connectivity index (χ3n) is 3.44. The van der Waals surface area contributed by atoms with Gasteiger partial charge in [-0.25, -0.2) is 0 Å². The van der Waals surface area contributed by atoms with Crippen molar-refractivity contribution in [2.75, 3.05) is 19.6 Å². The maximum Gasteiger partial charge on any atom is 0.401 e. The Hall–Kier alpha value is -0.290. The summed E-state index contributed by atoms with van der Waals surface area (Å²) < 4.78 is 36.0. The first-order chi connectivity index (χ1) is 7.90. The largest absolute Gasteiger partial charge is 0.401 e. The van der Waals surface area contributed by atoms with E-state index in [-0.39, 0.29) is 6.04 Å². The van der Waals surface area contributed by atoms with Crippen LogP contribution < -0.4 is 5.32 Å². The number of nitrogens with zero attached hydrogens (tertiary/aromatic N) is 1. The van der Waals surface area contributed by atoms with Crippen LogP contribution in [0.2, 0.25) is 0 Å². The van der Waals surface area contributed by atoms with Gasteiger partial charge in [0.15, 0.2) is 0 Å². The molecule has 1 rings (SSSR count). The summed E-state index contributed by atoms with van der Waals surface area (Å²) in [5.74, 6) is 0. The normalized spacial score (nSPS) is 25.6. The molecule has 1 saturated heterocycles. The van der Waals surface area contributed by atoms with Gasteiger partial charge in [0.1, 0.15) is 0 Å². The minimum Gasteiger partial charge on any atom is -0.307 e. The lowest BCUT2D eigenvalue weighted by atomic mass is 10.1. The lowest BCUT2D eigenvalue weighted by Crippen LogP contribution is -2.46. The van der Waals surface area contributed by atoms with Crippen molar-refractivity contribution in [3.05, 3.63) is 0 Å². The second-order valence-electron chi connectivity index (χ2n) is 5.03. The average Bonchev–Trinajstić information content (AvgIpc) is 2.40. The highest BCUT2D eigenvalue weighted by atomic mass is 19.4. The van der Waals surface area contributed by atoms with Crippen LogP contribution in [0, 0.1) is 0 Å². The Kier molecular flexibility index (Phi) is 5.73. The van der Waals surface area contributed by atoms with Gasteiger partial charge in [-0.15, -0.1) is 0 Å². The van der Waals surface area contributed by atoms with E-state index < -0.39 is 12.7 Å². The highest BCUT2D eigenvalue weighted by Gasteiger charge is 2.27. The van der Waals surface area contributed by atoms with Crippen LogP contribution in [0.25, 0.3) is 0 Å². The van der Waals surface area contributed by atoms with Gasteiger partial charge in [0.05, 0.1) is 6.54 Å². The molecule has 102 valence electrons. The van der Waals surface area contributed by atoms with Crippen molar-refractivity contribution in [1.82, 2.24) is 10.2 Å². The van der Waals surface area contributed by atoms with Gasteiger partial charge in [0.2, 0.25) is 0 Å². The summed E-state index contributed by atoms with van der Waals surface area (Å²) in [6, 6.07) is 0.658. The fourth-order valence-corrected chi connectivity index (χ4v) is 2.49. The predicted octanol–water partition coefficient (Wildman–Crippen LogP) is 2.79. The number of rotatable bonds is 4. The Balaban J connectivity index is 2.32. The Morgan fingerprint density at radius 2 is 2.00 bits per heavy atom. The molecule has 1 N–H and O–H groups in total. The topological polar surface area (TPSA) is 15.3 Å². The van der Waals surface area contributed by atoms with Gasteiger partial charge >= 0.3 is 6.18 Å². The van der Waals surface area contributed by atoms with Gasteiger partial charge in [0, 0.05) is 18.6 Å². The number of nitrogens with one attached hydrogen (secondary N) is 1. The highest BCUT2D eigenvalue weighted by Crippen LogP contribution is 2.18. The Morgan fingerprint density at radius 3 is 2.65 bits per heavy atom. The summed E-state index contributed by atoms with van der Waals surface area (Å²) in [5.41, 5.74) is 0. The first kappa shape index (κ1) is 14.8. The summed E-state index contributed by atoms with van der Waals surface area (Å²) in [6.07, 6.45) is 0.686. The van der Waals surface area contributed by atoms with Crippen molar-refractivity contribution in [3.8, 4) is 0 Å². The molecule has 5 heteroatoms. The smallest absolute Gasteiger partial charge is 0.307 e. The van der Waals surface area contributed by atoms with Gasteiger partial charge in [0.25, 0.3) is 0 Å². The lowest BCUT2D eigenvalue weighted by molar-refractivity contribution is -0.125. The zero-order valence-corrected chi connectivity index (χ0v) is 10.7. The van der Waals surface area contributed by atoms with Crippen molar-refractivity contribution in [1.29, 1.82) is 0 Å². The maximum atomic E-state index is 12.0. The van der Waals surface area contributed by atoms with Crippen LogP contribution >= 0.6 is 0 Å². The van der Waals surface area contributed by atoms with Crippen molar-refractivity contribution in [2.24, 2.45) is 0 Å². The molecule has 0 aromatic heterocycles. The molecule has 0 aromatic rings. The van der Waals surface area contributed by atoms with Crippen molar-refractivity contribution >= 4 is 0 Å². The van der Waals surface area contributed by atoms with E-state index in [0.29, 0.717) is 12.6 Å². The van der Waals surface area contributed by atoms with Gasteiger partial charge in [-0.1, -0.05) is 12.8 Å². The maximum absolute atomic E-state index is 12.0. The van der Waals surface area contributed by atoms with Crippen molar-refractivity contribution in [3.63, 3.8) is 0 Å². The van der Waals surface area contributed by atoms with Gasteiger partial charge in [-0.3, -0.25) is 4.90 Å². The molecule has 0 bridgehead atoms. The minimum atomic E-state index is -4.11. The highest BCUT2D eigenvalue weighted by molar-refractivity contribution is 4.78. The quantitative estimate of drug-likeness (QED) is 0.827. The third kappa shape index (κ3) is 5.73. The van der Waals surface area contributed by atoms with E-state index in [4.69, 9.17) is 0 Å². The summed E-state index contributed by atoms with van der Waals surface area (Å²) in [7, 11) is 0. The van der Waals surface area contributed by atoms with Crippen LogP contribution in [0.5, 0.6) is 0 Å². The monoisotopic (exact) mass is 252 g/mol. The molecule has 0 spiro atoms. The van der Waals surface area contributed by atoms with Gasteiger partial charge in [-0.2, -0.15) is 13.2 Å². The van der Waals surface area contributed by atoms with Crippen molar-refractivity contribution in [2.45, 2.75) is 57.8 Å². The minimum absolute atomic E-state index is 0.172. The van der Waals surface area contributed by atoms with Crippen LogP contribution in [0.1, 0.15) is 39.5 Å². The lowest BCUT2D eigenvalue weighted by Gasteiger charge is -2.33. The van der Waals surface area contributed by atoms with E-state index in [1.165, 1.54) is 12.8 Å². The van der Waals surface area contributed by atoms with Crippen LogP contribution in [-0.4, -0.2) is 42.8 Å². The molecule has 0 radical (unpaired) electrons. The zero-order valence-electron chi connectivity index (χ0n) is 10.7. The molecule has 1 heterocycles. The van der Waals surface area contributed by atoms with E-state index in [1.54, 1.807) is 0 Å². The number of halogens is 3. The molecule has 0 amide bonds. The molecular formula is C12H23F3N2. The molecule has 17 heavy (non-hydrogen) atoms. The van der Waals surface area contributed by atoms with E-state index in [0.717, 1.165) is 19.4 Å². The molecule has 1 aliphatic rings. The molecule has 2 nitrogen and oxygen atoms in total. The second kappa shape index (κ2) is 6.59. The summed E-state index contributed by atoms with van der Waals surface area (Å²) in [5, 5.41) is 2.50. The zero-order chi connectivity index (χ0) is 12.9. The van der Waals surface area contributed by atoms with Crippen LogP contribution in [-0.2, 0) is 0 Å². The SMILES string of the molecule is CC1CCCCCN1C(C)CNCC(F)(F)F. The number of likely N-dealkylation sites (tertiary alicyclic amines) is 1. The van der Waals surface area contributed by atoms with E-state index >= 15 is 0 Å². The third-order valence-corrected chi connectivity index (χ3v) is 3.44. The Morgan fingerprint density at radius 1 is 1.29 bits per heavy atom. The summed E-state index contributed by atoms with van der Waals surface area (Å²) >= 11 is 0. The summed E-state index contributed by atoms with van der Waals surface area (Å²) in [4.78, 5) is 2.33. The average molecular weight is 252 g/mol. The van der Waals surface area contributed by atoms with Crippen LogP contribution in [0.3, 0.4) is 0 Å². The fourth-order valence-electron chi connectivity index (χ4n) is 2.49. The molecule has 2 atom stereocenters. The Labute approximate surface area is 102 Å². The fraction of sp³-hybridized carbons (Fsp3) is 1.00. The first-order valence-electron chi connectivity index (χ1n) is 6.43. The molecule has 0 saturated carbocycles. The second-order valence-corrected chi connectivity index (χ2v) is 5.03. The van der Waals surface area contributed by atoms with Crippen LogP contribution in [0.15, 0.2) is 0 Å². The molecule has 0 aliphatic carbocycles. The predicted molar refractivity (Wildman–Crippen MR) is 63.0 cm³/mol. The molecule has 1 fully saturated rings. The number of hydrogen-bond acceptors (Lipinski definition) is 2. The molecule has 0 aromatic carbocycles. The first-order valence-corrected chi connectivity index (χ1v) is 6.43. The van der Waals surface area contributed by atoms with E-state index in [1.807, 2.05) is 6.92 Å². The van der Waals surface area contributed by atoms with Crippen molar-refractivity contribution < 1.29 is 13.2 Å². The Bertz CT molecular complexity index is 218. The van der Waals surface area contributed by atoms with Gasteiger partial charge < -0.3 is 5.32 Å². The number of alkyl halides is 3. The van der Waals surface area contributed by atoms with Gasteiger partial charge in [-0.05, 0) is 33.2 Å². The molecule has 2 unspecified atom stereocenters. The van der Waals surface area contributed by atoms with E-state index in [9.17, 15) is 13.2 Å². The number of hydrogen-bond donors (Lipinski definition) is 1. The molecular weight excluding hydrogens is 229 g/mol. The van der Waals surface area contributed by atoms with E-state index in [2.05, 4.69) is 17.1 Å². The van der Waals surface area contributed by atoms with Crippen LogP contribution in [0.4, 0.5) is 13.2 Å². The molecule has 1 aliphatic heterocycles. The summed E-state index contributed by atoms with van der Waals surface area (Å²) in [6.45, 7) is 4.70. The standard InChI is InChI=1S/C12H23F3N2/c1-10-6-4-3-5-7-17(10)11(2)8-16-9-12(13,14)15/h10-11,16H,3-9H2,1-2H3.